The van der Waals surface area contributed by atoms with Crippen molar-refractivity contribution in [2.24, 2.45) is 0 Å². The zero-order valence-corrected chi connectivity index (χ0v) is 63.3. The quantitative estimate of drug-likeness (QED) is 0.0295. The largest absolute Gasteiger partial charge is 0.494 e. The maximum atomic E-state index is 14.5. The van der Waals surface area contributed by atoms with Crippen LogP contribution in [0.4, 0.5) is 13.2 Å². The van der Waals surface area contributed by atoms with Crippen LogP contribution in [0.3, 0.4) is 0 Å². The Kier molecular flexibility index (Phi) is 30.2. The summed E-state index contributed by atoms with van der Waals surface area (Å²) in [6, 6.07) is 54.9. The number of halogens is 4. The highest BCUT2D eigenvalue weighted by Gasteiger charge is 2.29. The van der Waals surface area contributed by atoms with Crippen LogP contribution in [-0.4, -0.2) is 74.2 Å². The first kappa shape index (κ1) is 81.2. The number of rotatable bonds is 24. The van der Waals surface area contributed by atoms with Crippen LogP contribution in [0.15, 0.2) is 186 Å². The van der Waals surface area contributed by atoms with Crippen molar-refractivity contribution < 1.29 is 80.6 Å². The summed E-state index contributed by atoms with van der Waals surface area (Å²) in [5.41, 5.74) is 12.5. The van der Waals surface area contributed by atoms with E-state index in [2.05, 4.69) is 75.7 Å². The fraction of sp³-hybridized carbons (Fsp3) is 0.292. The lowest BCUT2D eigenvalue weighted by Crippen LogP contribution is -2.32. The van der Waals surface area contributed by atoms with E-state index in [0.717, 1.165) is 111 Å². The van der Waals surface area contributed by atoms with E-state index < -0.39 is 18.9 Å². The molecular formula is C89H87BBrF3O14. The van der Waals surface area contributed by atoms with E-state index in [9.17, 15) is 27.6 Å². The van der Waals surface area contributed by atoms with E-state index in [-0.39, 0.29) is 84.4 Å². The zero-order valence-electron chi connectivity index (χ0n) is 61.7. The minimum absolute atomic E-state index is 0.0343. The Bertz CT molecular complexity index is 4760. The molecule has 0 bridgehead atoms. The molecule has 0 saturated heterocycles. The number of carboxylic acid groups (broad SMARTS) is 1. The van der Waals surface area contributed by atoms with Crippen molar-refractivity contribution in [3.8, 4) is 92.3 Å². The Balaban J connectivity index is 0.000000174. The van der Waals surface area contributed by atoms with Gasteiger partial charge in [-0.3, -0.25) is 14.4 Å². The molecular weight excluding hydrogens is 1440 g/mol. The summed E-state index contributed by atoms with van der Waals surface area (Å²) < 4.78 is 87.5. The summed E-state index contributed by atoms with van der Waals surface area (Å²) in [5.74, 6) is 18.4. The second kappa shape index (κ2) is 40.2. The Labute approximate surface area is 639 Å². The Morgan fingerprint density at radius 2 is 0.778 bits per heavy atom. The van der Waals surface area contributed by atoms with Crippen molar-refractivity contribution in [2.45, 2.75) is 135 Å². The van der Waals surface area contributed by atoms with Crippen molar-refractivity contribution in [1.29, 1.82) is 0 Å². The molecule has 0 radical (unpaired) electrons. The number of ether oxygens (including phenoxy) is 8. The molecule has 12 rings (SSSR count). The van der Waals surface area contributed by atoms with Gasteiger partial charge in [0.1, 0.15) is 70.3 Å². The van der Waals surface area contributed by atoms with E-state index >= 15 is 0 Å². The van der Waals surface area contributed by atoms with Gasteiger partial charge in [0.25, 0.3) is 0 Å². The number of esters is 2. The number of carboxylic acids is 1. The number of carbonyl (C=O) groups is 3. The molecule has 0 heterocycles. The third kappa shape index (κ3) is 22.4. The fourth-order valence-corrected chi connectivity index (χ4v) is 13.5. The van der Waals surface area contributed by atoms with Crippen molar-refractivity contribution in [3.05, 3.63) is 254 Å². The van der Waals surface area contributed by atoms with Crippen molar-refractivity contribution in [2.75, 3.05) is 34.0 Å². The standard InChI is InChI=1S/C30H29FO4.C29H27FO4.C22H21BrO3.C8H10BFO3/c1-4-6-21(18-30(32)33-3)20-7-11-24(12-8-20)35-29-16-10-22-17-23(9-14-26(22)29)27-19-25(34-5-2)13-15-28(27)31;1-3-5-20(17-29(31)32)19-6-10-23(11-7-19)34-28-15-9-21-16-22(8-13-25(21)28)26-18-24(33-4-2)12-14-27(26)30;1-3-4-16(14-22(24)25-2)15-5-9-19(10-6-15)26-21-12-7-17-13-18(23)8-11-20(17)21;1-2-13-6-3-4-8(10)7(5-6)9(11)12/h7-9,11-15,17,19,21,29H,5,10,16,18H2,1-3H3;6-8,10-14,16,18,20,28H,4,9,15,17H2,1-2H3,(H,31,32);5-6,8-11,13,16,21H,7,12,14H2,1-2H3;3-5,11-12H,2H2,1H3/t21-,29?;20-,28?;16-,21?;/m111./s1. The summed E-state index contributed by atoms with van der Waals surface area (Å²) in [7, 11) is 0.973. The lowest BCUT2D eigenvalue weighted by atomic mass is 9.80. The van der Waals surface area contributed by atoms with Crippen LogP contribution in [-0.2, 0) is 43.1 Å². The summed E-state index contributed by atoms with van der Waals surface area (Å²) in [5, 5.41) is 26.6. The number of benzene rings is 9. The van der Waals surface area contributed by atoms with Gasteiger partial charge in [-0.05, 0) is 244 Å². The maximum Gasteiger partial charge on any atom is 0.491 e. The molecule has 0 fully saturated rings. The Hall–Kier alpha value is -10.9. The minimum atomic E-state index is -1.81. The smallest absolute Gasteiger partial charge is 0.491 e. The molecule has 3 unspecified atom stereocenters. The minimum Gasteiger partial charge on any atom is -0.494 e. The average molecular weight is 1530 g/mol. The van der Waals surface area contributed by atoms with Gasteiger partial charge in [0.2, 0.25) is 0 Å². The van der Waals surface area contributed by atoms with Crippen molar-refractivity contribution in [3.63, 3.8) is 0 Å². The van der Waals surface area contributed by atoms with Gasteiger partial charge in [-0.25, -0.2) is 13.2 Å². The summed E-state index contributed by atoms with van der Waals surface area (Å²) in [4.78, 5) is 34.4. The van der Waals surface area contributed by atoms with E-state index in [1.54, 1.807) is 52.0 Å². The number of aliphatic carboxylic acids is 1. The van der Waals surface area contributed by atoms with Gasteiger partial charge in [-0.15, -0.1) is 17.8 Å². The first-order valence-corrected chi connectivity index (χ1v) is 36.6. The summed E-state index contributed by atoms with van der Waals surface area (Å²) in [6.07, 6.45) is 5.80. The van der Waals surface area contributed by atoms with Gasteiger partial charge >= 0.3 is 25.0 Å². The van der Waals surface area contributed by atoms with Gasteiger partial charge in [0.05, 0.1) is 71.1 Å². The molecule has 9 aromatic carbocycles. The van der Waals surface area contributed by atoms with Crippen LogP contribution in [0, 0.1) is 53.0 Å². The molecule has 9 aromatic rings. The first-order chi connectivity index (χ1) is 52.2. The summed E-state index contributed by atoms with van der Waals surface area (Å²) in [6.45, 7) is 12.4. The van der Waals surface area contributed by atoms with Gasteiger partial charge in [-0.1, -0.05) is 113 Å². The molecule has 108 heavy (non-hydrogen) atoms. The van der Waals surface area contributed by atoms with Crippen LogP contribution in [0.1, 0.15) is 166 Å². The molecule has 19 heteroatoms. The maximum absolute atomic E-state index is 14.5. The summed E-state index contributed by atoms with van der Waals surface area (Å²) >= 11 is 3.52. The Morgan fingerprint density at radius 3 is 1.12 bits per heavy atom. The molecule has 0 saturated carbocycles. The monoisotopic (exact) mass is 1530 g/mol. The molecule has 3 aliphatic rings. The topological polar surface area (TPSA) is 186 Å². The van der Waals surface area contributed by atoms with Gasteiger partial charge < -0.3 is 53.0 Å². The molecule has 6 atom stereocenters. The average Bonchev–Trinajstić information content (AvgIpc) is 1.60. The van der Waals surface area contributed by atoms with E-state index in [4.69, 9.17) is 53.0 Å². The van der Waals surface area contributed by atoms with E-state index in [1.807, 2.05) is 117 Å². The van der Waals surface area contributed by atoms with Crippen molar-refractivity contribution in [1.82, 2.24) is 0 Å². The molecule has 0 aromatic heterocycles. The van der Waals surface area contributed by atoms with Gasteiger partial charge in [0.15, 0.2) is 0 Å². The van der Waals surface area contributed by atoms with Crippen LogP contribution < -0.4 is 33.9 Å². The highest BCUT2D eigenvalue weighted by Crippen LogP contribution is 2.42. The Morgan fingerprint density at radius 1 is 0.444 bits per heavy atom. The highest BCUT2D eigenvalue weighted by molar-refractivity contribution is 9.10. The molecule has 3 N–H and O–H groups in total. The number of methoxy groups -OCH3 is 2. The second-order valence-electron chi connectivity index (χ2n) is 25.5. The van der Waals surface area contributed by atoms with E-state index in [0.29, 0.717) is 48.2 Å². The SMILES string of the molecule is CC#C[C@H](CC(=O)O)c1ccc(OC2CCc3cc(-c4cc(OCC)ccc4F)ccc32)cc1.CC#C[C@H](CC(=O)OC)c1ccc(OC2CCc3cc(-c4cc(OCC)ccc4F)ccc32)cc1.CC#C[C@H](CC(=O)OC)c1ccc(OC2CCc3cc(Br)ccc32)cc1.CCOc1ccc(F)c(B(O)O)c1. The second-order valence-corrected chi connectivity index (χ2v) is 26.4. The molecule has 0 amide bonds. The van der Waals surface area contributed by atoms with Crippen LogP contribution in [0.25, 0.3) is 22.3 Å². The predicted octanol–water partition coefficient (Wildman–Crippen LogP) is 18.3. The highest BCUT2D eigenvalue weighted by atomic mass is 79.9. The van der Waals surface area contributed by atoms with Crippen LogP contribution >= 0.6 is 15.9 Å². The number of fused-ring (bicyclic) bond motifs is 3. The third-order valence-electron chi connectivity index (χ3n) is 18.3. The number of aryl methyl sites for hydroxylation is 3. The normalized spacial score (nSPS) is 14.7. The number of hydrogen-bond acceptors (Lipinski definition) is 13. The van der Waals surface area contributed by atoms with E-state index in [1.165, 1.54) is 55.2 Å². The molecule has 14 nitrogen and oxygen atoms in total. The van der Waals surface area contributed by atoms with Crippen LogP contribution in [0.2, 0.25) is 0 Å². The lowest BCUT2D eigenvalue weighted by Gasteiger charge is -2.17. The van der Waals surface area contributed by atoms with Crippen LogP contribution in [0.5, 0.6) is 34.5 Å². The number of hydrogen-bond donors (Lipinski definition) is 3. The lowest BCUT2D eigenvalue weighted by molar-refractivity contribution is -0.141. The zero-order chi connectivity index (χ0) is 77.2. The van der Waals surface area contributed by atoms with Gasteiger partial charge in [-0.2, -0.15) is 0 Å². The first-order valence-electron chi connectivity index (χ1n) is 35.9. The van der Waals surface area contributed by atoms with Crippen molar-refractivity contribution >= 4 is 46.4 Å². The molecule has 558 valence electrons. The number of carbonyl (C=O) groups excluding carboxylic acids is 2. The molecule has 0 aliphatic heterocycles. The molecule has 0 spiro atoms. The van der Waals surface area contributed by atoms with Gasteiger partial charge in [0, 0.05) is 21.1 Å². The fourth-order valence-electron chi connectivity index (χ4n) is 13.1. The molecule has 3 aliphatic carbocycles. The predicted molar refractivity (Wildman–Crippen MR) is 416 cm³/mol. The third-order valence-corrected chi connectivity index (χ3v) is 18.8.